The molecule has 0 unspecified atom stereocenters. The zero-order valence-electron chi connectivity index (χ0n) is 16.9. The summed E-state index contributed by atoms with van der Waals surface area (Å²) in [7, 11) is 3.17. The Morgan fingerprint density at radius 2 is 1.96 bits per heavy atom. The maximum absolute atomic E-state index is 13.0. The van der Waals surface area contributed by atoms with Gasteiger partial charge >= 0.3 is 5.97 Å². The highest BCUT2D eigenvalue weighted by molar-refractivity contribution is 6.04. The molecule has 1 aromatic rings. The highest BCUT2D eigenvalue weighted by Gasteiger charge is 2.41. The second-order valence-electron chi connectivity index (χ2n) is 6.80. The fourth-order valence-electron chi connectivity index (χ4n) is 4.00. The van der Waals surface area contributed by atoms with Crippen molar-refractivity contribution in [1.29, 1.82) is 0 Å². The van der Waals surface area contributed by atoms with Crippen LogP contribution in [0.3, 0.4) is 0 Å². The third-order valence-corrected chi connectivity index (χ3v) is 5.26. The van der Waals surface area contributed by atoms with Gasteiger partial charge in [-0.25, -0.2) is 4.79 Å². The van der Waals surface area contributed by atoms with Gasteiger partial charge in [-0.15, -0.1) is 0 Å². The van der Waals surface area contributed by atoms with Crippen LogP contribution < -0.4 is 14.8 Å². The number of carbonyl (C=O) groups is 2. The van der Waals surface area contributed by atoms with Crippen molar-refractivity contribution in [2.45, 2.75) is 45.4 Å². The molecular formula is C22H27NO5. The Hall–Kier alpha value is -2.76. The molecular weight excluding hydrogens is 358 g/mol. The zero-order chi connectivity index (χ0) is 20.3. The molecule has 0 radical (unpaired) electrons. The number of dihydropyridines is 1. The Kier molecular flexibility index (Phi) is 6.07. The minimum Gasteiger partial charge on any atom is -0.497 e. The lowest BCUT2D eigenvalue weighted by Crippen LogP contribution is -2.35. The fraction of sp³-hybridized carbons (Fsp3) is 0.455. The number of ketones is 1. The quantitative estimate of drug-likeness (QED) is 0.754. The molecule has 6 nitrogen and oxygen atoms in total. The van der Waals surface area contributed by atoms with E-state index in [-0.39, 0.29) is 12.4 Å². The number of ether oxygens (including phenoxy) is 3. The summed E-state index contributed by atoms with van der Waals surface area (Å²) < 4.78 is 16.4. The summed E-state index contributed by atoms with van der Waals surface area (Å²) in [4.78, 5) is 25.9. The molecule has 6 heteroatoms. The summed E-state index contributed by atoms with van der Waals surface area (Å²) in [6.45, 7) is 4.02. The Labute approximate surface area is 165 Å². The van der Waals surface area contributed by atoms with E-state index in [1.54, 1.807) is 33.3 Å². The molecule has 0 spiro atoms. The standard InChI is InChI=1S/C22H27NO5/c1-5-15-21(22(25)28-6-2)19(20-16(23-15)8-7-9-17(20)24)14-12-13(26-3)10-11-18(14)27-4/h10-12,19,23H,5-9H2,1-4H3/t19-/m0/s1. The van der Waals surface area contributed by atoms with Crippen LogP contribution in [-0.4, -0.2) is 32.6 Å². The van der Waals surface area contributed by atoms with Gasteiger partial charge in [-0.05, 0) is 44.4 Å². The van der Waals surface area contributed by atoms with Crippen molar-refractivity contribution in [3.8, 4) is 11.5 Å². The monoisotopic (exact) mass is 385 g/mol. The number of benzene rings is 1. The molecule has 150 valence electrons. The Balaban J connectivity index is 2.27. The van der Waals surface area contributed by atoms with Crippen LogP contribution in [0.15, 0.2) is 40.7 Å². The van der Waals surface area contributed by atoms with Gasteiger partial charge in [0.1, 0.15) is 11.5 Å². The second-order valence-corrected chi connectivity index (χ2v) is 6.80. The van der Waals surface area contributed by atoms with Crippen molar-refractivity contribution in [2.75, 3.05) is 20.8 Å². The summed E-state index contributed by atoms with van der Waals surface area (Å²) in [5, 5.41) is 3.36. The number of esters is 1. The largest absolute Gasteiger partial charge is 0.497 e. The van der Waals surface area contributed by atoms with Crippen molar-refractivity contribution in [2.24, 2.45) is 0 Å². The highest BCUT2D eigenvalue weighted by atomic mass is 16.5. The summed E-state index contributed by atoms with van der Waals surface area (Å²) in [6.07, 6.45) is 2.69. The average molecular weight is 385 g/mol. The van der Waals surface area contributed by atoms with Crippen LogP contribution in [0.1, 0.15) is 51.0 Å². The van der Waals surface area contributed by atoms with E-state index in [1.165, 1.54) is 0 Å². The molecule has 0 bridgehead atoms. The van der Waals surface area contributed by atoms with Crippen molar-refractivity contribution in [1.82, 2.24) is 5.32 Å². The van der Waals surface area contributed by atoms with E-state index in [9.17, 15) is 9.59 Å². The van der Waals surface area contributed by atoms with Gasteiger partial charge in [-0.1, -0.05) is 6.92 Å². The molecule has 0 amide bonds. The molecule has 1 atom stereocenters. The molecule has 1 heterocycles. The molecule has 0 fully saturated rings. The van der Waals surface area contributed by atoms with Gasteiger partial charge < -0.3 is 19.5 Å². The number of Topliss-reactive ketones (excluding diaryl/α,β-unsaturated/α-hetero) is 1. The third kappa shape index (κ3) is 3.51. The van der Waals surface area contributed by atoms with Crippen molar-refractivity contribution in [3.05, 3.63) is 46.3 Å². The van der Waals surface area contributed by atoms with Crippen LogP contribution in [0.25, 0.3) is 0 Å². The zero-order valence-corrected chi connectivity index (χ0v) is 16.9. The Morgan fingerprint density at radius 1 is 1.18 bits per heavy atom. The maximum atomic E-state index is 13.0. The van der Waals surface area contributed by atoms with Gasteiger partial charge in [0.15, 0.2) is 5.78 Å². The van der Waals surface area contributed by atoms with Gasteiger partial charge in [-0.3, -0.25) is 4.79 Å². The van der Waals surface area contributed by atoms with Gasteiger partial charge in [0, 0.05) is 29.0 Å². The molecule has 3 rings (SSSR count). The number of allylic oxidation sites excluding steroid dienone is 3. The number of hydrogen-bond donors (Lipinski definition) is 1. The maximum Gasteiger partial charge on any atom is 0.336 e. The van der Waals surface area contributed by atoms with Gasteiger partial charge in [0.2, 0.25) is 0 Å². The molecule has 0 saturated carbocycles. The molecule has 28 heavy (non-hydrogen) atoms. The molecule has 1 aliphatic heterocycles. The SMILES string of the molecule is CCOC(=O)C1=C(CC)NC2=C(C(=O)CCC2)[C@@H]1c1cc(OC)ccc1OC. The normalized spacial score (nSPS) is 19.1. The molecule has 1 aliphatic carbocycles. The van der Waals surface area contributed by atoms with Crippen molar-refractivity contribution in [3.63, 3.8) is 0 Å². The smallest absolute Gasteiger partial charge is 0.336 e. The van der Waals surface area contributed by atoms with E-state index in [4.69, 9.17) is 14.2 Å². The molecule has 1 N–H and O–H groups in total. The number of carbonyl (C=O) groups excluding carboxylic acids is 2. The fourth-order valence-corrected chi connectivity index (χ4v) is 4.00. The van der Waals surface area contributed by atoms with Crippen LogP contribution in [0.5, 0.6) is 11.5 Å². The van der Waals surface area contributed by atoms with E-state index in [1.807, 2.05) is 13.0 Å². The summed E-state index contributed by atoms with van der Waals surface area (Å²) in [5.74, 6) is 0.353. The predicted molar refractivity (Wildman–Crippen MR) is 105 cm³/mol. The van der Waals surface area contributed by atoms with E-state index < -0.39 is 11.9 Å². The average Bonchev–Trinajstić information content (AvgIpc) is 2.72. The topological polar surface area (TPSA) is 73.9 Å². The van der Waals surface area contributed by atoms with Gasteiger partial charge in [-0.2, -0.15) is 0 Å². The van der Waals surface area contributed by atoms with Crippen LogP contribution in [0.2, 0.25) is 0 Å². The first-order valence-electron chi connectivity index (χ1n) is 9.70. The predicted octanol–water partition coefficient (Wildman–Crippen LogP) is 3.62. The first-order chi connectivity index (χ1) is 13.5. The van der Waals surface area contributed by atoms with Crippen LogP contribution in [0, 0.1) is 0 Å². The number of rotatable bonds is 6. The number of hydrogen-bond acceptors (Lipinski definition) is 6. The van der Waals surface area contributed by atoms with Gasteiger partial charge in [0.25, 0.3) is 0 Å². The third-order valence-electron chi connectivity index (χ3n) is 5.26. The molecule has 0 saturated heterocycles. The first kappa shape index (κ1) is 20.0. The lowest BCUT2D eigenvalue weighted by atomic mass is 9.74. The Morgan fingerprint density at radius 3 is 2.61 bits per heavy atom. The highest BCUT2D eigenvalue weighted by Crippen LogP contribution is 2.46. The van der Waals surface area contributed by atoms with Crippen molar-refractivity contribution >= 4 is 11.8 Å². The number of methoxy groups -OCH3 is 2. The van der Waals surface area contributed by atoms with Crippen LogP contribution >= 0.6 is 0 Å². The molecule has 0 aromatic heterocycles. The van der Waals surface area contributed by atoms with Crippen LogP contribution in [-0.2, 0) is 14.3 Å². The molecule has 1 aromatic carbocycles. The first-order valence-corrected chi connectivity index (χ1v) is 9.70. The summed E-state index contributed by atoms with van der Waals surface area (Å²) >= 11 is 0. The lowest BCUT2D eigenvalue weighted by molar-refractivity contribution is -0.138. The van der Waals surface area contributed by atoms with Crippen molar-refractivity contribution < 1.29 is 23.8 Å². The number of nitrogens with one attached hydrogen (secondary N) is 1. The van der Waals surface area contributed by atoms with Crippen LogP contribution in [0.4, 0.5) is 0 Å². The minimum absolute atomic E-state index is 0.0561. The second kappa shape index (κ2) is 8.50. The lowest BCUT2D eigenvalue weighted by Gasteiger charge is -2.35. The van der Waals surface area contributed by atoms with Gasteiger partial charge in [0.05, 0.1) is 32.3 Å². The minimum atomic E-state index is -0.539. The molecule has 2 aliphatic rings. The van der Waals surface area contributed by atoms with E-state index in [0.29, 0.717) is 35.5 Å². The Bertz CT molecular complexity index is 852. The summed E-state index contributed by atoms with van der Waals surface area (Å²) in [5.41, 5.74) is 3.54. The van der Waals surface area contributed by atoms with E-state index in [2.05, 4.69) is 5.32 Å². The summed E-state index contributed by atoms with van der Waals surface area (Å²) in [6, 6.07) is 5.45. The van der Waals surface area contributed by atoms with E-state index in [0.717, 1.165) is 29.8 Å². The van der Waals surface area contributed by atoms with E-state index >= 15 is 0 Å².